The molecule has 0 radical (unpaired) electrons. The van der Waals surface area contributed by atoms with Crippen LogP contribution in [0.5, 0.6) is 0 Å². The van der Waals surface area contributed by atoms with Gasteiger partial charge in [-0.25, -0.2) is 9.07 Å². The fraction of sp³-hybridized carbons (Fsp3) is 0.629. The maximum absolute atomic E-state index is 15.8. The summed E-state index contributed by atoms with van der Waals surface area (Å²) in [5, 5.41) is 10.1. The van der Waals surface area contributed by atoms with Crippen LogP contribution in [0.3, 0.4) is 0 Å². The first-order valence-corrected chi connectivity index (χ1v) is 17.3. The number of hydrogen-bond donors (Lipinski definition) is 2. The number of carbonyl (C=O) groups is 4. The zero-order valence-corrected chi connectivity index (χ0v) is 28.0. The highest BCUT2D eigenvalue weighted by Gasteiger charge is 2.37. The highest BCUT2D eigenvalue weighted by molar-refractivity contribution is 6.00. The monoisotopic (exact) mass is 651 g/mol. The molecule has 4 amide bonds. The van der Waals surface area contributed by atoms with Gasteiger partial charge >= 0.3 is 0 Å². The molecule has 1 aromatic heterocycles. The van der Waals surface area contributed by atoms with Crippen molar-refractivity contribution < 1.29 is 23.6 Å². The average molecular weight is 652 g/mol. The van der Waals surface area contributed by atoms with Gasteiger partial charge in [0.1, 0.15) is 23.7 Å². The minimum absolute atomic E-state index is 0.000802. The van der Waals surface area contributed by atoms with Crippen LogP contribution < -0.4 is 15.5 Å². The first-order valence-electron chi connectivity index (χ1n) is 17.3. The molecular formula is C35H50FN7O4. The number of nitrogens with one attached hydrogen (secondary N) is 2. The van der Waals surface area contributed by atoms with E-state index in [1.807, 2.05) is 20.9 Å². The summed E-state index contributed by atoms with van der Waals surface area (Å²) in [5.41, 5.74) is 0.542. The van der Waals surface area contributed by atoms with Gasteiger partial charge in [-0.1, -0.05) is 38.7 Å². The lowest BCUT2D eigenvalue weighted by molar-refractivity contribution is -0.138. The summed E-state index contributed by atoms with van der Waals surface area (Å²) >= 11 is 0. The van der Waals surface area contributed by atoms with Crippen LogP contribution in [0.25, 0.3) is 0 Å². The molecule has 12 heteroatoms. The number of nitrogens with zero attached hydrogens (tertiary/aromatic N) is 5. The zero-order chi connectivity index (χ0) is 33.5. The Morgan fingerprint density at radius 1 is 1.04 bits per heavy atom. The standard InChI is InChI=1S/C35H50FN7O4/c1-4-43-31(15-16-37-43)42(23-44)33(26-9-7-5-6-8-10-26)34(46)38-29-14-13-27(22-28(29)36)24(2)32(39-30(45)21-25-11-12-25)35(47)41-19-17-40(3)18-20-41/h13-16,22-26,32-33H,4-12,17-21H2,1-3H3,(H,38,46)(H,39,45)/t24-,32+,33-/m0/s1. The van der Waals surface area contributed by atoms with Gasteiger partial charge in [0.25, 0.3) is 0 Å². The van der Waals surface area contributed by atoms with Crippen LogP contribution >= 0.6 is 0 Å². The molecule has 1 aromatic carbocycles. The summed E-state index contributed by atoms with van der Waals surface area (Å²) in [5.74, 6) is -1.14. The van der Waals surface area contributed by atoms with E-state index in [1.54, 1.807) is 27.9 Å². The molecule has 0 bridgehead atoms. The van der Waals surface area contributed by atoms with Gasteiger partial charge in [0.05, 0.1) is 11.9 Å². The van der Waals surface area contributed by atoms with Crippen molar-refractivity contribution in [1.29, 1.82) is 0 Å². The highest BCUT2D eigenvalue weighted by atomic mass is 19.1. The lowest BCUT2D eigenvalue weighted by atomic mass is 9.89. The van der Waals surface area contributed by atoms with Gasteiger partial charge in [-0.2, -0.15) is 5.10 Å². The van der Waals surface area contributed by atoms with Crippen LogP contribution in [0.4, 0.5) is 15.9 Å². The molecule has 11 nitrogen and oxygen atoms in total. The molecule has 1 aliphatic heterocycles. The number of halogens is 1. The Balaban J connectivity index is 1.36. The number of benzene rings is 1. The van der Waals surface area contributed by atoms with Gasteiger partial charge in [0.15, 0.2) is 0 Å². The quantitative estimate of drug-likeness (QED) is 0.248. The molecule has 1 saturated heterocycles. The third-order valence-electron chi connectivity index (χ3n) is 10.1. The van der Waals surface area contributed by atoms with E-state index >= 15 is 4.39 Å². The molecule has 2 saturated carbocycles. The lowest BCUT2D eigenvalue weighted by Crippen LogP contribution is -2.55. The number of aryl methyl sites for hydroxylation is 1. The van der Waals surface area contributed by atoms with E-state index in [2.05, 4.69) is 20.6 Å². The number of carbonyl (C=O) groups excluding carboxylic acids is 4. The summed E-state index contributed by atoms with van der Waals surface area (Å²) < 4.78 is 17.5. The van der Waals surface area contributed by atoms with Crippen LogP contribution in [0.15, 0.2) is 30.5 Å². The van der Waals surface area contributed by atoms with E-state index in [1.165, 1.54) is 17.0 Å². The van der Waals surface area contributed by atoms with Crippen molar-refractivity contribution in [2.75, 3.05) is 43.4 Å². The fourth-order valence-electron chi connectivity index (χ4n) is 7.00. The van der Waals surface area contributed by atoms with Crippen molar-refractivity contribution in [2.45, 2.75) is 96.2 Å². The topological polar surface area (TPSA) is 120 Å². The molecule has 0 spiro atoms. The number of amides is 4. The SMILES string of the molecule is CCn1nccc1N(C=O)[C@H](C(=O)Nc1ccc([C@H](C)[C@@H](NC(=O)CC2CC2)C(=O)N2CCN(C)CC2)cc1F)C1CCCCCC1. The molecule has 2 aromatic rings. The Kier molecular flexibility index (Phi) is 11.7. The molecule has 47 heavy (non-hydrogen) atoms. The van der Waals surface area contributed by atoms with E-state index < -0.39 is 29.7 Å². The molecule has 3 atom stereocenters. The molecular weight excluding hydrogens is 601 g/mol. The van der Waals surface area contributed by atoms with Crippen molar-refractivity contribution in [3.8, 4) is 0 Å². The Morgan fingerprint density at radius 2 is 1.74 bits per heavy atom. The van der Waals surface area contributed by atoms with Crippen LogP contribution in [0.2, 0.25) is 0 Å². The van der Waals surface area contributed by atoms with Gasteiger partial charge < -0.3 is 20.4 Å². The third kappa shape index (κ3) is 8.57. The maximum atomic E-state index is 15.8. The van der Waals surface area contributed by atoms with Crippen LogP contribution in [-0.4, -0.2) is 89.0 Å². The fourth-order valence-corrected chi connectivity index (χ4v) is 7.00. The van der Waals surface area contributed by atoms with Crippen molar-refractivity contribution in [2.24, 2.45) is 11.8 Å². The van der Waals surface area contributed by atoms with Crippen molar-refractivity contribution in [3.05, 3.63) is 41.8 Å². The highest BCUT2D eigenvalue weighted by Crippen LogP contribution is 2.34. The summed E-state index contributed by atoms with van der Waals surface area (Å²) in [6.07, 6.45) is 10.4. The first-order chi connectivity index (χ1) is 22.7. The number of rotatable bonds is 13. The Hall–Kier alpha value is -3.80. The van der Waals surface area contributed by atoms with E-state index in [0.29, 0.717) is 49.8 Å². The van der Waals surface area contributed by atoms with Gasteiger partial charge in [0.2, 0.25) is 24.1 Å². The number of hydrogen-bond acceptors (Lipinski definition) is 6. The van der Waals surface area contributed by atoms with Gasteiger partial charge in [-0.3, -0.25) is 24.1 Å². The minimum Gasteiger partial charge on any atom is -0.344 e. The summed E-state index contributed by atoms with van der Waals surface area (Å²) in [7, 11) is 2.01. The third-order valence-corrected chi connectivity index (χ3v) is 10.1. The van der Waals surface area contributed by atoms with E-state index in [0.717, 1.165) is 64.5 Å². The molecule has 5 rings (SSSR count). The van der Waals surface area contributed by atoms with Crippen molar-refractivity contribution in [3.63, 3.8) is 0 Å². The Morgan fingerprint density at radius 3 is 2.36 bits per heavy atom. The second-order valence-corrected chi connectivity index (χ2v) is 13.6. The first kappa shape index (κ1) is 34.5. The van der Waals surface area contributed by atoms with E-state index in [9.17, 15) is 19.2 Å². The molecule has 3 fully saturated rings. The summed E-state index contributed by atoms with van der Waals surface area (Å²) in [6.45, 7) is 6.89. The predicted molar refractivity (Wildman–Crippen MR) is 178 cm³/mol. The normalized spacial score (nSPS) is 19.7. The van der Waals surface area contributed by atoms with Crippen molar-refractivity contribution in [1.82, 2.24) is 24.9 Å². The zero-order valence-electron chi connectivity index (χ0n) is 28.0. The van der Waals surface area contributed by atoms with Crippen LogP contribution in [0.1, 0.15) is 83.1 Å². The molecule has 2 N–H and O–H groups in total. The molecule has 256 valence electrons. The molecule has 0 unspecified atom stereocenters. The largest absolute Gasteiger partial charge is 0.344 e. The predicted octanol–water partition coefficient (Wildman–Crippen LogP) is 4.15. The smallest absolute Gasteiger partial charge is 0.247 e. The van der Waals surface area contributed by atoms with Gasteiger partial charge in [-0.05, 0) is 69.2 Å². The van der Waals surface area contributed by atoms with E-state index in [-0.39, 0.29) is 23.4 Å². The molecule has 3 aliphatic rings. The summed E-state index contributed by atoms with van der Waals surface area (Å²) in [6, 6.07) is 4.59. The van der Waals surface area contributed by atoms with Crippen LogP contribution in [0, 0.1) is 17.7 Å². The van der Waals surface area contributed by atoms with Crippen LogP contribution in [-0.2, 0) is 25.7 Å². The summed E-state index contributed by atoms with van der Waals surface area (Å²) in [4.78, 5) is 58.5. The second kappa shape index (κ2) is 15.9. The van der Waals surface area contributed by atoms with E-state index in [4.69, 9.17) is 0 Å². The maximum Gasteiger partial charge on any atom is 0.247 e. The number of anilines is 2. The van der Waals surface area contributed by atoms with Gasteiger partial charge in [-0.15, -0.1) is 0 Å². The second-order valence-electron chi connectivity index (χ2n) is 13.6. The average Bonchev–Trinajstić information content (AvgIpc) is 3.82. The van der Waals surface area contributed by atoms with Crippen molar-refractivity contribution >= 4 is 35.6 Å². The number of aromatic nitrogens is 2. The lowest BCUT2D eigenvalue weighted by Gasteiger charge is -2.36. The molecule has 2 heterocycles. The number of likely N-dealkylation sites (N-methyl/N-ethyl adjacent to an activating group) is 1. The number of piperazine rings is 1. The molecule has 2 aliphatic carbocycles. The van der Waals surface area contributed by atoms with Gasteiger partial charge in [0, 0.05) is 51.1 Å². The minimum atomic E-state index is -0.839. The Labute approximate surface area is 277 Å². The Bertz CT molecular complexity index is 1400.